The summed E-state index contributed by atoms with van der Waals surface area (Å²) in [6, 6.07) is 8.65. The third kappa shape index (κ3) is 1.95. The van der Waals surface area contributed by atoms with Gasteiger partial charge in [-0.05, 0) is 42.7 Å². The Hall–Kier alpha value is -1.32. The Balaban J connectivity index is 1.66. The van der Waals surface area contributed by atoms with E-state index in [9.17, 15) is 5.11 Å². The van der Waals surface area contributed by atoms with E-state index in [1.54, 1.807) is 6.20 Å². The molecule has 2 aliphatic carbocycles. The molecule has 1 aromatic heterocycles. The van der Waals surface area contributed by atoms with Crippen LogP contribution in [0, 0.1) is 11.8 Å². The SMILES string of the molecule is CCn1ncc(Cl)c1C(O)C1C2CCc3ccccc3C21. The highest BCUT2D eigenvalue weighted by atomic mass is 35.5. The lowest BCUT2D eigenvalue weighted by Crippen LogP contribution is -2.11. The molecular formula is C17H19ClN2O. The van der Waals surface area contributed by atoms with Crippen LogP contribution >= 0.6 is 11.6 Å². The second-order valence-corrected chi connectivity index (χ2v) is 6.55. The summed E-state index contributed by atoms with van der Waals surface area (Å²) in [5.74, 6) is 1.36. The molecule has 4 unspecified atom stereocenters. The lowest BCUT2D eigenvalue weighted by atomic mass is 9.92. The van der Waals surface area contributed by atoms with Crippen LogP contribution in [0.1, 0.15) is 42.2 Å². The first-order chi connectivity index (χ1) is 10.2. The smallest absolute Gasteiger partial charge is 0.101 e. The van der Waals surface area contributed by atoms with Gasteiger partial charge in [-0.25, -0.2) is 0 Å². The topological polar surface area (TPSA) is 38.0 Å². The van der Waals surface area contributed by atoms with Gasteiger partial charge in [0, 0.05) is 12.5 Å². The summed E-state index contributed by atoms with van der Waals surface area (Å²) < 4.78 is 1.82. The van der Waals surface area contributed by atoms with Crippen molar-refractivity contribution >= 4 is 11.6 Å². The molecule has 1 saturated carbocycles. The van der Waals surface area contributed by atoms with Gasteiger partial charge in [0.25, 0.3) is 0 Å². The first-order valence-corrected chi connectivity index (χ1v) is 8.07. The molecule has 110 valence electrons. The average Bonchev–Trinajstić information content (AvgIpc) is 3.14. The second kappa shape index (κ2) is 4.85. The number of fused-ring (bicyclic) bond motifs is 3. The average molecular weight is 303 g/mol. The maximum absolute atomic E-state index is 10.9. The van der Waals surface area contributed by atoms with Gasteiger partial charge in [-0.2, -0.15) is 5.10 Å². The molecule has 4 atom stereocenters. The van der Waals surface area contributed by atoms with E-state index in [2.05, 4.69) is 29.4 Å². The Morgan fingerprint density at radius 2 is 2.24 bits per heavy atom. The van der Waals surface area contributed by atoms with E-state index >= 15 is 0 Å². The Bertz CT molecular complexity index is 681. The Morgan fingerprint density at radius 1 is 1.43 bits per heavy atom. The zero-order valence-electron chi connectivity index (χ0n) is 12.0. The molecule has 0 radical (unpaired) electrons. The maximum atomic E-state index is 10.9. The van der Waals surface area contributed by atoms with Crippen molar-refractivity contribution in [3.05, 3.63) is 52.3 Å². The van der Waals surface area contributed by atoms with E-state index in [1.807, 2.05) is 11.6 Å². The van der Waals surface area contributed by atoms with E-state index in [0.717, 1.165) is 18.7 Å². The summed E-state index contributed by atoms with van der Waals surface area (Å²) in [5, 5.41) is 15.7. The summed E-state index contributed by atoms with van der Waals surface area (Å²) >= 11 is 6.24. The minimum atomic E-state index is -0.513. The highest BCUT2D eigenvalue weighted by Crippen LogP contribution is 2.64. The molecule has 3 nitrogen and oxygen atoms in total. The molecular weight excluding hydrogens is 284 g/mol. The van der Waals surface area contributed by atoms with E-state index < -0.39 is 6.10 Å². The largest absolute Gasteiger partial charge is 0.386 e. The van der Waals surface area contributed by atoms with Gasteiger partial charge in [0.1, 0.15) is 6.10 Å². The summed E-state index contributed by atoms with van der Waals surface area (Å²) in [5.41, 5.74) is 3.66. The summed E-state index contributed by atoms with van der Waals surface area (Å²) in [7, 11) is 0. The fraction of sp³-hybridized carbons (Fsp3) is 0.471. The van der Waals surface area contributed by atoms with Crippen LogP contribution in [0.15, 0.2) is 30.5 Å². The van der Waals surface area contributed by atoms with Gasteiger partial charge in [0.15, 0.2) is 0 Å². The van der Waals surface area contributed by atoms with Crippen molar-refractivity contribution < 1.29 is 5.11 Å². The van der Waals surface area contributed by atoms with Crippen LogP contribution in [-0.2, 0) is 13.0 Å². The number of aliphatic hydroxyl groups excluding tert-OH is 1. The molecule has 2 aromatic rings. The molecule has 21 heavy (non-hydrogen) atoms. The van der Waals surface area contributed by atoms with Crippen molar-refractivity contribution in [3.8, 4) is 0 Å². The van der Waals surface area contributed by atoms with Gasteiger partial charge in [0.05, 0.1) is 16.9 Å². The van der Waals surface area contributed by atoms with Crippen LogP contribution < -0.4 is 0 Å². The standard InChI is InChI=1S/C17H19ClN2O/c1-2-20-16(13(18)9-19-20)17(21)15-12-8-7-10-5-3-4-6-11(10)14(12)15/h3-6,9,12,14-15,17,21H,2,7-8H2,1H3. The molecule has 0 bridgehead atoms. The lowest BCUT2D eigenvalue weighted by Gasteiger charge is -2.14. The molecule has 0 spiro atoms. The number of nitrogens with zero attached hydrogens (tertiary/aromatic N) is 2. The fourth-order valence-electron chi connectivity index (χ4n) is 4.15. The Labute approximate surface area is 129 Å². The lowest BCUT2D eigenvalue weighted by molar-refractivity contribution is 0.134. The minimum Gasteiger partial charge on any atom is -0.386 e. The number of aryl methyl sites for hydroxylation is 2. The van der Waals surface area contributed by atoms with Crippen LogP contribution in [0.25, 0.3) is 0 Å². The molecule has 0 amide bonds. The monoisotopic (exact) mass is 302 g/mol. The van der Waals surface area contributed by atoms with Gasteiger partial charge in [-0.3, -0.25) is 4.68 Å². The van der Waals surface area contributed by atoms with Crippen molar-refractivity contribution in [2.24, 2.45) is 11.8 Å². The first kappa shape index (κ1) is 13.4. The third-order valence-electron chi connectivity index (χ3n) is 5.17. The molecule has 2 aliphatic rings. The van der Waals surface area contributed by atoms with E-state index in [0.29, 0.717) is 16.9 Å². The van der Waals surface area contributed by atoms with Gasteiger partial charge >= 0.3 is 0 Å². The van der Waals surface area contributed by atoms with Crippen LogP contribution in [0.5, 0.6) is 0 Å². The number of rotatable bonds is 3. The molecule has 1 aromatic carbocycles. The Morgan fingerprint density at radius 3 is 3.05 bits per heavy atom. The van der Waals surface area contributed by atoms with Crippen LogP contribution in [0.4, 0.5) is 0 Å². The molecule has 0 saturated heterocycles. The number of aromatic nitrogens is 2. The number of hydrogen-bond donors (Lipinski definition) is 1. The Kier molecular flexibility index (Phi) is 3.09. The predicted octanol–water partition coefficient (Wildman–Crippen LogP) is 3.57. The molecule has 4 rings (SSSR count). The van der Waals surface area contributed by atoms with Crippen molar-refractivity contribution in [2.75, 3.05) is 0 Å². The summed E-state index contributed by atoms with van der Waals surface area (Å²) in [6.07, 6.45) is 3.42. The highest BCUT2D eigenvalue weighted by Gasteiger charge is 2.57. The molecule has 1 fully saturated rings. The highest BCUT2D eigenvalue weighted by molar-refractivity contribution is 6.31. The number of hydrogen-bond acceptors (Lipinski definition) is 2. The predicted molar refractivity (Wildman–Crippen MR) is 82.4 cm³/mol. The van der Waals surface area contributed by atoms with Crippen LogP contribution in [0.3, 0.4) is 0 Å². The third-order valence-corrected chi connectivity index (χ3v) is 5.46. The van der Waals surface area contributed by atoms with E-state index in [1.165, 1.54) is 17.5 Å². The number of aliphatic hydroxyl groups is 1. The number of halogens is 1. The quantitative estimate of drug-likeness (QED) is 0.941. The second-order valence-electron chi connectivity index (χ2n) is 6.14. The maximum Gasteiger partial charge on any atom is 0.101 e. The van der Waals surface area contributed by atoms with Crippen molar-refractivity contribution in [3.63, 3.8) is 0 Å². The minimum absolute atomic E-state index is 0.285. The van der Waals surface area contributed by atoms with Gasteiger partial charge < -0.3 is 5.11 Å². The van der Waals surface area contributed by atoms with Gasteiger partial charge in [0.2, 0.25) is 0 Å². The molecule has 4 heteroatoms. The molecule has 0 aliphatic heterocycles. The van der Waals surface area contributed by atoms with Crippen molar-refractivity contribution in [1.29, 1.82) is 0 Å². The first-order valence-electron chi connectivity index (χ1n) is 7.69. The van der Waals surface area contributed by atoms with Gasteiger partial charge in [-0.15, -0.1) is 0 Å². The normalized spacial score (nSPS) is 27.9. The fourth-order valence-corrected chi connectivity index (χ4v) is 4.40. The van der Waals surface area contributed by atoms with Crippen molar-refractivity contribution in [1.82, 2.24) is 9.78 Å². The zero-order chi connectivity index (χ0) is 14.6. The van der Waals surface area contributed by atoms with E-state index in [-0.39, 0.29) is 5.92 Å². The summed E-state index contributed by atoms with van der Waals surface area (Å²) in [4.78, 5) is 0. The zero-order valence-corrected chi connectivity index (χ0v) is 12.8. The van der Waals surface area contributed by atoms with E-state index in [4.69, 9.17) is 11.6 Å². The van der Waals surface area contributed by atoms with Crippen molar-refractivity contribution in [2.45, 2.75) is 38.3 Å². The molecule has 1 N–H and O–H groups in total. The van der Waals surface area contributed by atoms with Crippen LogP contribution in [0.2, 0.25) is 5.02 Å². The van der Waals surface area contributed by atoms with Gasteiger partial charge in [-0.1, -0.05) is 35.9 Å². The van der Waals surface area contributed by atoms with Crippen LogP contribution in [-0.4, -0.2) is 14.9 Å². The summed E-state index contributed by atoms with van der Waals surface area (Å²) in [6.45, 7) is 2.76. The molecule has 1 heterocycles. The number of benzene rings is 1.